The van der Waals surface area contributed by atoms with Crippen LogP contribution in [-0.4, -0.2) is 50.6 Å². The Balaban J connectivity index is 0.00000208. The zero-order valence-corrected chi connectivity index (χ0v) is 16.8. The second kappa shape index (κ2) is 8.18. The predicted molar refractivity (Wildman–Crippen MR) is 106 cm³/mol. The standard InChI is InChI=1S/C18H25N3O2.HI/c1-12-10-21(11-16(12)17(22)23-3)18(19-2)20-9-14-8-13-6-4-5-7-15(13)14;/h4-7,12,14,16H,8-11H2,1-3H3,(H,19,20);1H. The van der Waals surface area contributed by atoms with Crippen LogP contribution in [0.5, 0.6) is 0 Å². The number of hydrogen-bond acceptors (Lipinski definition) is 3. The van der Waals surface area contributed by atoms with Crippen LogP contribution in [-0.2, 0) is 16.0 Å². The van der Waals surface area contributed by atoms with Crippen LogP contribution in [0.4, 0.5) is 0 Å². The van der Waals surface area contributed by atoms with E-state index in [1.807, 2.05) is 0 Å². The molecule has 1 fully saturated rings. The van der Waals surface area contributed by atoms with E-state index < -0.39 is 0 Å². The molecule has 1 N–H and O–H groups in total. The Labute approximate surface area is 160 Å². The average Bonchev–Trinajstić information content (AvgIpc) is 2.93. The first-order valence-corrected chi connectivity index (χ1v) is 8.25. The van der Waals surface area contributed by atoms with Crippen molar-refractivity contribution in [2.45, 2.75) is 19.3 Å². The molecule has 132 valence electrons. The van der Waals surface area contributed by atoms with Gasteiger partial charge in [-0.2, -0.15) is 0 Å². The van der Waals surface area contributed by atoms with Crippen LogP contribution < -0.4 is 5.32 Å². The van der Waals surface area contributed by atoms with E-state index in [2.05, 4.69) is 46.4 Å². The van der Waals surface area contributed by atoms with Crippen molar-refractivity contribution >= 4 is 35.9 Å². The van der Waals surface area contributed by atoms with Crippen LogP contribution in [0, 0.1) is 11.8 Å². The molecule has 6 heteroatoms. The van der Waals surface area contributed by atoms with E-state index in [9.17, 15) is 4.79 Å². The van der Waals surface area contributed by atoms with E-state index in [0.29, 0.717) is 12.5 Å². The lowest BCUT2D eigenvalue weighted by atomic mass is 9.78. The van der Waals surface area contributed by atoms with Crippen LogP contribution in [0.1, 0.15) is 24.0 Å². The summed E-state index contributed by atoms with van der Waals surface area (Å²) in [6.07, 6.45) is 1.13. The maximum atomic E-state index is 11.8. The zero-order chi connectivity index (χ0) is 16.4. The molecule has 1 aliphatic carbocycles. The number of guanidine groups is 1. The van der Waals surface area contributed by atoms with Crippen molar-refractivity contribution in [1.82, 2.24) is 10.2 Å². The van der Waals surface area contributed by atoms with Gasteiger partial charge in [-0.25, -0.2) is 0 Å². The van der Waals surface area contributed by atoms with Crippen molar-refractivity contribution in [1.29, 1.82) is 0 Å². The van der Waals surface area contributed by atoms with Gasteiger partial charge in [-0.05, 0) is 23.5 Å². The molecule has 3 unspecified atom stereocenters. The summed E-state index contributed by atoms with van der Waals surface area (Å²) in [7, 11) is 3.26. The van der Waals surface area contributed by atoms with Gasteiger partial charge < -0.3 is 15.0 Å². The summed E-state index contributed by atoms with van der Waals surface area (Å²) in [5.41, 5.74) is 2.90. The van der Waals surface area contributed by atoms with Crippen molar-refractivity contribution in [3.05, 3.63) is 35.4 Å². The number of carbonyl (C=O) groups excluding carboxylic acids is 1. The van der Waals surface area contributed by atoms with Crippen molar-refractivity contribution < 1.29 is 9.53 Å². The predicted octanol–water partition coefficient (Wildman–Crippen LogP) is 2.26. The molecule has 1 aromatic rings. The Hall–Kier alpha value is -1.31. The third-order valence-corrected chi connectivity index (χ3v) is 5.10. The van der Waals surface area contributed by atoms with Crippen molar-refractivity contribution in [3.8, 4) is 0 Å². The summed E-state index contributed by atoms with van der Waals surface area (Å²) in [4.78, 5) is 18.4. The molecule has 0 spiro atoms. The van der Waals surface area contributed by atoms with Crippen molar-refractivity contribution in [2.75, 3.05) is 33.8 Å². The highest BCUT2D eigenvalue weighted by atomic mass is 127. The first-order chi connectivity index (χ1) is 11.1. The number of halogens is 1. The fraction of sp³-hybridized carbons (Fsp3) is 0.556. The second-order valence-electron chi connectivity index (χ2n) is 6.54. The SMILES string of the molecule is CN=C(NCC1Cc2ccccc21)N1CC(C)C(C(=O)OC)C1.I. The topological polar surface area (TPSA) is 53.9 Å². The highest BCUT2D eigenvalue weighted by Gasteiger charge is 2.37. The minimum absolute atomic E-state index is 0. The number of aliphatic imine (C=N–C) groups is 1. The van der Waals surface area contributed by atoms with E-state index >= 15 is 0 Å². The molecule has 1 aliphatic heterocycles. The fourth-order valence-electron chi connectivity index (χ4n) is 3.69. The van der Waals surface area contributed by atoms with E-state index in [1.54, 1.807) is 7.05 Å². The number of ether oxygens (including phenoxy) is 1. The highest BCUT2D eigenvalue weighted by molar-refractivity contribution is 14.0. The summed E-state index contributed by atoms with van der Waals surface area (Å²) < 4.78 is 4.90. The third kappa shape index (κ3) is 3.68. The summed E-state index contributed by atoms with van der Waals surface area (Å²) in [6.45, 7) is 4.49. The fourth-order valence-corrected chi connectivity index (χ4v) is 3.69. The molecule has 1 aromatic carbocycles. The number of nitrogens with one attached hydrogen (secondary N) is 1. The minimum Gasteiger partial charge on any atom is -0.469 e. The highest BCUT2D eigenvalue weighted by Crippen LogP contribution is 2.34. The zero-order valence-electron chi connectivity index (χ0n) is 14.5. The van der Waals surface area contributed by atoms with Crippen LogP contribution >= 0.6 is 24.0 Å². The molecule has 3 rings (SSSR count). The molecular weight excluding hydrogens is 417 g/mol. The van der Waals surface area contributed by atoms with Gasteiger partial charge in [-0.3, -0.25) is 9.79 Å². The number of nitrogens with zero attached hydrogens (tertiary/aromatic N) is 2. The van der Waals surface area contributed by atoms with E-state index in [4.69, 9.17) is 4.74 Å². The van der Waals surface area contributed by atoms with Crippen molar-refractivity contribution in [3.63, 3.8) is 0 Å². The van der Waals surface area contributed by atoms with Crippen LogP contribution in [0.15, 0.2) is 29.3 Å². The molecule has 0 bridgehead atoms. The number of rotatable bonds is 3. The lowest BCUT2D eigenvalue weighted by Gasteiger charge is -2.32. The monoisotopic (exact) mass is 443 g/mol. The molecule has 24 heavy (non-hydrogen) atoms. The molecule has 5 nitrogen and oxygen atoms in total. The Morgan fingerprint density at radius 3 is 2.79 bits per heavy atom. The third-order valence-electron chi connectivity index (χ3n) is 5.10. The molecule has 0 saturated carbocycles. The molecule has 3 atom stereocenters. The van der Waals surface area contributed by atoms with E-state index in [1.165, 1.54) is 18.2 Å². The number of methoxy groups -OCH3 is 1. The van der Waals surface area contributed by atoms with Crippen LogP contribution in [0.25, 0.3) is 0 Å². The molecule has 0 radical (unpaired) electrons. The van der Waals surface area contributed by atoms with Crippen molar-refractivity contribution in [2.24, 2.45) is 16.8 Å². The molecule has 2 aliphatic rings. The maximum absolute atomic E-state index is 11.8. The summed E-state index contributed by atoms with van der Waals surface area (Å²) in [5, 5.41) is 3.48. The molecular formula is C18H26IN3O2. The lowest BCUT2D eigenvalue weighted by Crippen LogP contribution is -2.43. The van der Waals surface area contributed by atoms with Gasteiger partial charge in [0.25, 0.3) is 0 Å². The number of hydrogen-bond donors (Lipinski definition) is 1. The molecule has 0 aromatic heterocycles. The van der Waals surface area contributed by atoms with Gasteiger partial charge in [-0.15, -0.1) is 24.0 Å². The van der Waals surface area contributed by atoms with Gasteiger partial charge in [0.1, 0.15) is 0 Å². The van der Waals surface area contributed by atoms with Gasteiger partial charge in [0.05, 0.1) is 13.0 Å². The van der Waals surface area contributed by atoms with Gasteiger partial charge in [-0.1, -0.05) is 31.2 Å². The Kier molecular flexibility index (Phi) is 6.48. The Morgan fingerprint density at radius 2 is 2.12 bits per heavy atom. The largest absolute Gasteiger partial charge is 0.469 e. The average molecular weight is 443 g/mol. The Bertz CT molecular complexity index is 620. The van der Waals surface area contributed by atoms with Gasteiger partial charge in [0.15, 0.2) is 5.96 Å². The van der Waals surface area contributed by atoms with Crippen LogP contribution in [0.2, 0.25) is 0 Å². The van der Waals surface area contributed by atoms with E-state index in [-0.39, 0.29) is 41.8 Å². The summed E-state index contributed by atoms with van der Waals surface area (Å²) in [5.74, 6) is 1.53. The number of benzene rings is 1. The van der Waals surface area contributed by atoms with Gasteiger partial charge in [0.2, 0.25) is 0 Å². The maximum Gasteiger partial charge on any atom is 0.310 e. The quantitative estimate of drug-likeness (QED) is 0.337. The second-order valence-corrected chi connectivity index (χ2v) is 6.54. The lowest BCUT2D eigenvalue weighted by molar-refractivity contribution is -0.145. The molecule has 1 saturated heterocycles. The van der Waals surface area contributed by atoms with Gasteiger partial charge >= 0.3 is 5.97 Å². The minimum atomic E-state index is -0.122. The van der Waals surface area contributed by atoms with E-state index in [0.717, 1.165) is 25.5 Å². The smallest absolute Gasteiger partial charge is 0.310 e. The molecule has 1 heterocycles. The number of fused-ring (bicyclic) bond motifs is 1. The molecule has 0 amide bonds. The van der Waals surface area contributed by atoms with Crippen LogP contribution in [0.3, 0.4) is 0 Å². The first kappa shape index (κ1) is 19.0. The Morgan fingerprint density at radius 1 is 1.38 bits per heavy atom. The first-order valence-electron chi connectivity index (χ1n) is 8.25. The van der Waals surface area contributed by atoms with Gasteiger partial charge in [0, 0.05) is 32.6 Å². The normalized spacial score (nSPS) is 25.4. The number of likely N-dealkylation sites (tertiary alicyclic amines) is 1. The summed E-state index contributed by atoms with van der Waals surface area (Å²) >= 11 is 0. The number of carbonyl (C=O) groups is 1. The number of esters is 1. The summed E-state index contributed by atoms with van der Waals surface area (Å²) in [6, 6.07) is 8.60.